The third-order valence-corrected chi connectivity index (χ3v) is 4.24. The molecule has 2 nitrogen and oxygen atoms in total. The van der Waals surface area contributed by atoms with Crippen LogP contribution < -0.4 is 5.46 Å². The summed E-state index contributed by atoms with van der Waals surface area (Å²) in [5, 5.41) is 1.13. The normalized spacial score (nSPS) is 16.2. The molecule has 21 heavy (non-hydrogen) atoms. The molecular weight excluding hydrogens is 306 g/mol. The van der Waals surface area contributed by atoms with Crippen LogP contribution in [0.4, 0.5) is 0 Å². The smallest absolute Gasteiger partial charge is 0.407 e. The molecule has 0 bridgehead atoms. The highest BCUT2D eigenvalue weighted by Crippen LogP contribution is 2.28. The summed E-state index contributed by atoms with van der Waals surface area (Å²) < 4.78 is 11.4. The molecule has 0 atom stereocenters. The first kappa shape index (κ1) is 14.9. The van der Waals surface area contributed by atoms with E-state index in [0.29, 0.717) is 16.0 Å². The van der Waals surface area contributed by atoms with Crippen molar-refractivity contribution >= 4 is 35.8 Å². The fourth-order valence-corrected chi connectivity index (χ4v) is 2.60. The molecule has 0 radical (unpaired) electrons. The number of rotatable bonds is 2. The molecule has 0 saturated carbocycles. The summed E-state index contributed by atoms with van der Waals surface area (Å²) in [6.45, 7) is 3.59. The summed E-state index contributed by atoms with van der Waals surface area (Å²) in [5.74, 6) is 0.455. The molecule has 1 aliphatic rings. The number of hydrogen-bond donors (Lipinski definition) is 0. The van der Waals surface area contributed by atoms with E-state index in [-0.39, 0.29) is 7.12 Å². The predicted octanol–water partition coefficient (Wildman–Crippen LogP) is 4.04. The third-order valence-electron chi connectivity index (χ3n) is 3.50. The van der Waals surface area contributed by atoms with Crippen molar-refractivity contribution in [3.63, 3.8) is 0 Å². The second kappa shape index (κ2) is 6.41. The number of halogens is 2. The first-order valence-corrected chi connectivity index (χ1v) is 7.67. The Labute approximate surface area is 135 Å². The molecule has 1 heterocycles. The molecular formula is C16H15BCl2O2. The van der Waals surface area contributed by atoms with Gasteiger partial charge in [0.1, 0.15) is 0 Å². The number of hydrogen-bond acceptors (Lipinski definition) is 2. The molecule has 2 aromatic carbocycles. The first-order chi connectivity index (χ1) is 10.1. The van der Waals surface area contributed by atoms with Gasteiger partial charge in [0.2, 0.25) is 0 Å². The van der Waals surface area contributed by atoms with Gasteiger partial charge in [0, 0.05) is 13.2 Å². The van der Waals surface area contributed by atoms with E-state index in [1.807, 2.05) is 42.5 Å². The van der Waals surface area contributed by atoms with Gasteiger partial charge in [-0.1, -0.05) is 60.5 Å². The van der Waals surface area contributed by atoms with Crippen molar-refractivity contribution < 1.29 is 9.31 Å². The minimum Gasteiger partial charge on any atom is -0.407 e. The van der Waals surface area contributed by atoms with Crippen molar-refractivity contribution in [1.82, 2.24) is 0 Å². The second-order valence-corrected chi connectivity index (χ2v) is 6.17. The maximum Gasteiger partial charge on any atom is 0.493 e. The fourth-order valence-electron chi connectivity index (χ4n) is 2.30. The van der Waals surface area contributed by atoms with Crippen molar-refractivity contribution in [2.24, 2.45) is 5.92 Å². The zero-order chi connectivity index (χ0) is 14.8. The molecule has 3 rings (SSSR count). The Balaban J connectivity index is 1.79. The Morgan fingerprint density at radius 1 is 0.905 bits per heavy atom. The van der Waals surface area contributed by atoms with Gasteiger partial charge in [-0.15, -0.1) is 0 Å². The maximum atomic E-state index is 6.06. The van der Waals surface area contributed by atoms with Crippen LogP contribution in [0.15, 0.2) is 42.5 Å². The average molecular weight is 321 g/mol. The minimum absolute atomic E-state index is 0.260. The third kappa shape index (κ3) is 3.43. The van der Waals surface area contributed by atoms with Gasteiger partial charge in [-0.3, -0.25) is 0 Å². The van der Waals surface area contributed by atoms with Gasteiger partial charge in [-0.25, -0.2) is 0 Å². The summed E-state index contributed by atoms with van der Waals surface area (Å²) in [6.07, 6.45) is 0. The van der Waals surface area contributed by atoms with E-state index in [9.17, 15) is 0 Å². The van der Waals surface area contributed by atoms with E-state index < -0.39 is 0 Å². The Bertz CT molecular complexity index is 623. The lowest BCUT2D eigenvalue weighted by Crippen LogP contribution is -2.43. The highest BCUT2D eigenvalue weighted by molar-refractivity contribution is 6.61. The Kier molecular flexibility index (Phi) is 4.55. The molecule has 2 aromatic rings. The van der Waals surface area contributed by atoms with Crippen molar-refractivity contribution in [3.05, 3.63) is 52.5 Å². The quantitative estimate of drug-likeness (QED) is 0.777. The van der Waals surface area contributed by atoms with Crippen LogP contribution in [-0.4, -0.2) is 20.3 Å². The van der Waals surface area contributed by atoms with E-state index in [4.69, 9.17) is 32.5 Å². The van der Waals surface area contributed by atoms with Crippen LogP contribution in [0.2, 0.25) is 10.0 Å². The Morgan fingerprint density at radius 2 is 1.52 bits per heavy atom. The van der Waals surface area contributed by atoms with E-state index in [1.165, 1.54) is 0 Å². The molecule has 0 spiro atoms. The van der Waals surface area contributed by atoms with Gasteiger partial charge in [0.15, 0.2) is 0 Å². The van der Waals surface area contributed by atoms with Crippen LogP contribution >= 0.6 is 23.2 Å². The molecule has 108 valence electrons. The topological polar surface area (TPSA) is 18.5 Å². The van der Waals surface area contributed by atoms with Gasteiger partial charge in [0.25, 0.3) is 0 Å². The lowest BCUT2D eigenvalue weighted by molar-refractivity contribution is 0.0958. The summed E-state index contributed by atoms with van der Waals surface area (Å²) in [4.78, 5) is 0. The maximum absolute atomic E-state index is 6.06. The molecule has 1 aliphatic heterocycles. The Morgan fingerprint density at radius 3 is 2.14 bits per heavy atom. The molecule has 0 aliphatic carbocycles. The van der Waals surface area contributed by atoms with Crippen molar-refractivity contribution in [3.8, 4) is 11.1 Å². The second-order valence-electron chi connectivity index (χ2n) is 5.35. The van der Waals surface area contributed by atoms with Gasteiger partial charge >= 0.3 is 7.12 Å². The molecule has 0 N–H and O–H groups in total. The number of benzene rings is 2. The zero-order valence-corrected chi connectivity index (χ0v) is 13.2. The summed E-state index contributed by atoms with van der Waals surface area (Å²) in [6, 6.07) is 13.8. The van der Waals surface area contributed by atoms with Crippen LogP contribution in [-0.2, 0) is 9.31 Å². The van der Waals surface area contributed by atoms with Gasteiger partial charge in [-0.05, 0) is 34.6 Å². The molecule has 1 fully saturated rings. The molecule has 1 saturated heterocycles. The zero-order valence-electron chi connectivity index (χ0n) is 11.7. The van der Waals surface area contributed by atoms with Crippen LogP contribution in [0.3, 0.4) is 0 Å². The highest BCUT2D eigenvalue weighted by Gasteiger charge is 2.27. The lowest BCUT2D eigenvalue weighted by Gasteiger charge is -2.24. The SMILES string of the molecule is CC1COB(c2ccc(-c3ccc(Cl)c(Cl)c3)cc2)OC1. The lowest BCUT2D eigenvalue weighted by atomic mass is 9.77. The Hall–Kier alpha value is -0.995. The van der Waals surface area contributed by atoms with Crippen LogP contribution in [0, 0.1) is 5.92 Å². The van der Waals surface area contributed by atoms with Crippen molar-refractivity contribution in [2.75, 3.05) is 13.2 Å². The van der Waals surface area contributed by atoms with Crippen molar-refractivity contribution in [2.45, 2.75) is 6.92 Å². The van der Waals surface area contributed by atoms with Crippen molar-refractivity contribution in [1.29, 1.82) is 0 Å². The van der Waals surface area contributed by atoms with Gasteiger partial charge in [0.05, 0.1) is 10.0 Å². The molecule has 0 amide bonds. The standard InChI is InChI=1S/C16H15BCl2O2/c1-11-9-20-17(21-10-11)14-5-2-12(3-6-14)13-4-7-15(18)16(19)8-13/h2-8,11H,9-10H2,1H3. The monoisotopic (exact) mass is 320 g/mol. The summed E-state index contributed by atoms with van der Waals surface area (Å²) >= 11 is 12.0. The van der Waals surface area contributed by atoms with E-state index in [1.54, 1.807) is 0 Å². The fraction of sp³-hybridized carbons (Fsp3) is 0.250. The van der Waals surface area contributed by atoms with E-state index in [0.717, 1.165) is 29.8 Å². The highest BCUT2D eigenvalue weighted by atomic mass is 35.5. The minimum atomic E-state index is -0.260. The summed E-state index contributed by atoms with van der Waals surface area (Å²) in [7, 11) is -0.260. The van der Waals surface area contributed by atoms with Gasteiger partial charge < -0.3 is 9.31 Å². The van der Waals surface area contributed by atoms with Crippen LogP contribution in [0.5, 0.6) is 0 Å². The van der Waals surface area contributed by atoms with E-state index in [2.05, 4.69) is 6.92 Å². The van der Waals surface area contributed by atoms with E-state index >= 15 is 0 Å². The predicted molar refractivity (Wildman–Crippen MR) is 88.4 cm³/mol. The van der Waals surface area contributed by atoms with Gasteiger partial charge in [-0.2, -0.15) is 0 Å². The summed E-state index contributed by atoms with van der Waals surface area (Å²) in [5.41, 5.74) is 3.15. The molecule has 0 aromatic heterocycles. The molecule has 5 heteroatoms. The first-order valence-electron chi connectivity index (χ1n) is 6.92. The van der Waals surface area contributed by atoms with Crippen LogP contribution in [0.25, 0.3) is 11.1 Å². The molecule has 0 unspecified atom stereocenters. The average Bonchev–Trinajstić information content (AvgIpc) is 2.51. The largest absolute Gasteiger partial charge is 0.493 e. The van der Waals surface area contributed by atoms with Crippen LogP contribution in [0.1, 0.15) is 6.92 Å².